The van der Waals surface area contributed by atoms with Gasteiger partial charge in [0.2, 0.25) is 5.91 Å². The van der Waals surface area contributed by atoms with Crippen LogP contribution in [0.25, 0.3) is 52.9 Å². The molecule has 14 rings (SSSR count). The number of nitrogen functional groups attached to an aromatic ring is 2. The number of amides is 1. The van der Waals surface area contributed by atoms with Crippen LogP contribution in [0.1, 0.15) is 99.2 Å². The second-order valence-electron chi connectivity index (χ2n) is 25.8. The van der Waals surface area contributed by atoms with Gasteiger partial charge in [-0.2, -0.15) is 0 Å². The Bertz CT molecular complexity index is 5240. The Morgan fingerprint density at radius 2 is 0.911 bits per heavy atom. The highest BCUT2D eigenvalue weighted by Gasteiger charge is 2.51. The third-order valence-electron chi connectivity index (χ3n) is 16.0. The first-order valence-corrected chi connectivity index (χ1v) is 44.1. The maximum atomic E-state index is 10.8. The Morgan fingerprint density at radius 3 is 1.31 bits per heavy atom. The Kier molecular flexibility index (Phi) is 39.7. The Labute approximate surface area is 758 Å². The number of hydrogen-bond donors (Lipinski definition) is 6. The number of carbonyl (C=O) groups is 1. The van der Waals surface area contributed by atoms with E-state index < -0.39 is 7.12 Å². The van der Waals surface area contributed by atoms with Crippen LogP contribution >= 0.6 is 208 Å². The van der Waals surface area contributed by atoms with Crippen LogP contribution in [0, 0.1) is 48.5 Å². The van der Waals surface area contributed by atoms with E-state index in [1.807, 2.05) is 154 Å². The average molecular weight is 2160 g/mol. The van der Waals surface area contributed by atoms with Crippen LogP contribution < -0.4 is 33.0 Å². The standard InChI is InChI=1S/C15H11BrClNS.C15H12ClNS.C11H17BN2O2.C9H9Br2NO.C9H9Br2NS.C9H8BrNS.C6H6BClO2.C6H5Br2N.2CH4/c1-9-18-15-13(11-3-2-4-12(17)7-11)5-10(8-16)6-14(15)19-9;1-9-6-13(11-4-3-5-12(16)8-11)15-14(7-9)18-10(2)17-15;1-10(2)11(3,4)16-12(15-10)8-5-6-9(13)14-7-8;2*1-5-3-7(10)9(8(11)4-5)12-6(2)13;1-5-3-7(10)9-8(4-5)12-6(2)11-9;8-6-3-1-2-5(4-6)7(9)10;7-4-2-1-3-5(8)6(4)9;;/h2-7H,8H2,1H3;3-8H,1-2H3;5-7H,1-4H3,(H2,13,14);2*3-4H,1-2H3,(H,12,13);3-4H,1-2H3;1-4,9-10H;1-3H,9H2;2*1H4. The Balaban J connectivity index is 0.000000231. The zero-order chi connectivity index (χ0) is 81.2. The summed E-state index contributed by atoms with van der Waals surface area (Å²) in [5, 5.41) is 29.3. The molecule has 0 saturated carbocycles. The molecule has 0 atom stereocenters. The number of pyridine rings is 1. The van der Waals surface area contributed by atoms with Crippen molar-refractivity contribution in [3.8, 4) is 22.3 Å². The lowest BCUT2D eigenvalue weighted by Crippen LogP contribution is -2.41. The molecule has 1 aliphatic heterocycles. The number of thiocarbonyl (C=S) groups is 1. The lowest BCUT2D eigenvalue weighted by atomic mass is 9.80. The molecule has 0 aliphatic carbocycles. The van der Waals surface area contributed by atoms with Gasteiger partial charge in [-0.1, -0.05) is 126 Å². The molecular formula is C82H85B2Br8Cl3N8O5S4. The first-order chi connectivity index (χ1) is 51.7. The lowest BCUT2D eigenvalue weighted by Gasteiger charge is -2.32. The summed E-state index contributed by atoms with van der Waals surface area (Å²) in [5.74, 6) is 0.422. The maximum absolute atomic E-state index is 10.8. The highest BCUT2D eigenvalue weighted by atomic mass is 79.9. The number of para-hydroxylation sites is 1. The second kappa shape index (κ2) is 45.4. The van der Waals surface area contributed by atoms with Crippen LogP contribution in [-0.2, 0) is 19.4 Å². The summed E-state index contributed by atoms with van der Waals surface area (Å²) in [4.78, 5) is 29.4. The van der Waals surface area contributed by atoms with Crippen molar-refractivity contribution in [1.29, 1.82) is 0 Å². The third kappa shape index (κ3) is 29.2. The van der Waals surface area contributed by atoms with Gasteiger partial charge in [0.15, 0.2) is 0 Å². The SMILES string of the molecule is C.C.CC(=O)Nc1c(Br)cc(C)cc1Br.CC(=S)Nc1c(Br)cc(C)cc1Br.CC1(C)OB(c2ccc(N)nc2)OC1(C)C.Cc1cc(-c2cccc(Cl)c2)c2nc(C)sc2c1.Cc1cc(Br)c2nc(C)sc2c1.Cc1nc2c(-c3cccc(Cl)c3)cc(CBr)cc2s1.Nc1c(Br)cccc1Br.OB(O)c1cccc(Cl)c1. The number of benzene rings is 9. The molecule has 13 nitrogen and oxygen atoms in total. The number of hydrogen-bond acceptors (Lipinski definition) is 15. The fraction of sp³-hybridized carbons (Fsp3) is 0.220. The minimum Gasteiger partial charge on any atom is -0.423 e. The molecule has 0 radical (unpaired) electrons. The summed E-state index contributed by atoms with van der Waals surface area (Å²) in [5.41, 5.74) is 28.2. The molecule has 4 aromatic heterocycles. The van der Waals surface area contributed by atoms with Gasteiger partial charge in [0.05, 0.1) is 78.9 Å². The predicted octanol–water partition coefficient (Wildman–Crippen LogP) is 27.5. The summed E-state index contributed by atoms with van der Waals surface area (Å²) < 4.78 is 22.3. The van der Waals surface area contributed by atoms with E-state index in [0.717, 1.165) is 134 Å². The maximum Gasteiger partial charge on any atom is 0.496 e. The number of thiazole rings is 3. The number of nitrogens with zero attached hydrogens (tertiary/aromatic N) is 4. The van der Waals surface area contributed by atoms with E-state index in [-0.39, 0.29) is 39.1 Å². The molecule has 9 aromatic carbocycles. The van der Waals surface area contributed by atoms with Gasteiger partial charge in [-0.05, 0) is 354 Å². The molecule has 0 bridgehead atoms. The fourth-order valence-electron chi connectivity index (χ4n) is 10.2. The monoisotopic (exact) mass is 2150 g/mol. The number of halogens is 11. The summed E-state index contributed by atoms with van der Waals surface area (Å²) in [6.07, 6.45) is 1.69. The molecule has 112 heavy (non-hydrogen) atoms. The van der Waals surface area contributed by atoms with Crippen molar-refractivity contribution in [3.05, 3.63) is 259 Å². The molecule has 0 unspecified atom stereocenters. The quantitative estimate of drug-likeness (QED) is 0.0381. The number of rotatable bonds is 7. The van der Waals surface area contributed by atoms with Crippen LogP contribution in [0.4, 0.5) is 22.9 Å². The number of alkyl halides is 1. The molecule has 30 heteroatoms. The molecule has 13 aromatic rings. The van der Waals surface area contributed by atoms with E-state index in [1.165, 1.54) is 49.3 Å². The van der Waals surface area contributed by atoms with E-state index >= 15 is 0 Å². The van der Waals surface area contributed by atoms with Crippen molar-refractivity contribution in [1.82, 2.24) is 19.9 Å². The average Bonchev–Trinajstić information content (AvgIpc) is 1.63. The van der Waals surface area contributed by atoms with Crippen LogP contribution in [0.2, 0.25) is 15.1 Å². The zero-order valence-corrected chi connectivity index (χ0v) is 80.1. The molecule has 1 aliphatic rings. The number of aromatic nitrogens is 4. The van der Waals surface area contributed by atoms with Gasteiger partial charge in [0.25, 0.3) is 0 Å². The molecule has 1 fully saturated rings. The normalized spacial score (nSPS) is 11.9. The van der Waals surface area contributed by atoms with E-state index in [4.69, 9.17) is 77.8 Å². The summed E-state index contributed by atoms with van der Waals surface area (Å²) in [7, 11) is -1.79. The van der Waals surface area contributed by atoms with Gasteiger partial charge in [-0.3, -0.25) is 4.79 Å². The number of anilines is 4. The van der Waals surface area contributed by atoms with Crippen molar-refractivity contribution in [3.63, 3.8) is 0 Å². The first-order valence-electron chi connectivity index (χ1n) is 33.4. The summed E-state index contributed by atoms with van der Waals surface area (Å²) >= 11 is 55.2. The molecule has 1 amide bonds. The smallest absolute Gasteiger partial charge is 0.423 e. The van der Waals surface area contributed by atoms with Gasteiger partial charge in [0, 0.05) is 81.4 Å². The Morgan fingerprint density at radius 1 is 0.518 bits per heavy atom. The van der Waals surface area contributed by atoms with Gasteiger partial charge in [0.1, 0.15) is 5.82 Å². The van der Waals surface area contributed by atoms with Gasteiger partial charge in [-0.15, -0.1) is 34.0 Å². The molecule has 8 N–H and O–H groups in total. The van der Waals surface area contributed by atoms with Crippen molar-refractivity contribution in [2.24, 2.45) is 0 Å². The highest BCUT2D eigenvalue weighted by molar-refractivity contribution is 9.12. The van der Waals surface area contributed by atoms with Crippen molar-refractivity contribution in [2.75, 3.05) is 22.1 Å². The summed E-state index contributed by atoms with van der Waals surface area (Å²) in [6.45, 7) is 25.8. The van der Waals surface area contributed by atoms with E-state index in [2.05, 4.69) is 220 Å². The number of carbonyl (C=O) groups excluding carboxylic acids is 1. The minimum atomic E-state index is -1.43. The van der Waals surface area contributed by atoms with Gasteiger partial charge < -0.3 is 41.5 Å². The van der Waals surface area contributed by atoms with Crippen molar-refractivity contribution >= 4 is 298 Å². The van der Waals surface area contributed by atoms with Gasteiger partial charge in [-0.25, -0.2) is 19.9 Å². The topological polar surface area (TPSA) is 204 Å². The first kappa shape index (κ1) is 98.0. The van der Waals surface area contributed by atoms with Crippen LogP contribution in [-0.4, -0.2) is 66.3 Å². The molecule has 590 valence electrons. The zero-order valence-electron chi connectivity index (χ0n) is 61.9. The second-order valence-corrected chi connectivity index (χ2v) is 38.0. The lowest BCUT2D eigenvalue weighted by molar-refractivity contribution is -0.114. The van der Waals surface area contributed by atoms with E-state index in [0.29, 0.717) is 16.3 Å². The highest BCUT2D eigenvalue weighted by Crippen LogP contribution is 2.40. The largest absolute Gasteiger partial charge is 0.496 e. The number of fused-ring (bicyclic) bond motifs is 3. The summed E-state index contributed by atoms with van der Waals surface area (Å²) in [6, 6.07) is 52.7. The van der Waals surface area contributed by atoms with Crippen molar-refractivity contribution < 1.29 is 24.2 Å². The van der Waals surface area contributed by atoms with Crippen LogP contribution in [0.15, 0.2) is 201 Å². The van der Waals surface area contributed by atoms with E-state index in [9.17, 15) is 4.79 Å². The van der Waals surface area contributed by atoms with Crippen molar-refractivity contribution in [2.45, 2.75) is 121 Å². The molecular weight excluding hydrogens is 2070 g/mol. The molecule has 0 spiro atoms. The minimum absolute atomic E-state index is 0. The number of aryl methyl sites for hydroxylation is 7. The fourth-order valence-corrected chi connectivity index (χ4v) is 19.1. The van der Waals surface area contributed by atoms with Crippen LogP contribution in [0.5, 0.6) is 0 Å². The number of nitrogens with one attached hydrogen (secondary N) is 2. The van der Waals surface area contributed by atoms with Crippen LogP contribution in [0.3, 0.4) is 0 Å². The van der Waals surface area contributed by atoms with E-state index in [1.54, 1.807) is 64.5 Å². The molecule has 5 heterocycles. The third-order valence-corrected chi connectivity index (χ3v) is 24.7. The van der Waals surface area contributed by atoms with Gasteiger partial charge >= 0.3 is 14.2 Å². The Hall–Kier alpha value is -4.56. The number of nitrogens with two attached hydrogens (primary N) is 2. The predicted molar refractivity (Wildman–Crippen MR) is 518 cm³/mol. The molecule has 1 saturated heterocycles.